The van der Waals surface area contributed by atoms with Gasteiger partial charge in [-0.1, -0.05) is 12.1 Å². The predicted molar refractivity (Wildman–Crippen MR) is 101 cm³/mol. The summed E-state index contributed by atoms with van der Waals surface area (Å²) in [6.07, 6.45) is 0.785. The number of hydrogen-bond donors (Lipinski definition) is 2. The molecule has 0 saturated carbocycles. The van der Waals surface area contributed by atoms with Crippen molar-refractivity contribution in [3.8, 4) is 10.6 Å². The van der Waals surface area contributed by atoms with Gasteiger partial charge < -0.3 is 15.8 Å². The highest BCUT2D eigenvalue weighted by atomic mass is 32.1. The molecule has 1 amide bonds. The second-order valence-electron chi connectivity index (χ2n) is 6.23. The van der Waals surface area contributed by atoms with Gasteiger partial charge in [0.15, 0.2) is 0 Å². The zero-order valence-corrected chi connectivity index (χ0v) is 14.8. The number of nitrogens with two attached hydrogens (primary N) is 1. The Hall–Kier alpha value is -2.35. The Kier molecular flexibility index (Phi) is 4.67. The van der Waals surface area contributed by atoms with Gasteiger partial charge in [0.2, 0.25) is 0 Å². The number of thiazole rings is 1. The maximum atomic E-state index is 13.8. The zero-order chi connectivity index (χ0) is 18.1. The van der Waals surface area contributed by atoms with Crippen LogP contribution in [0.1, 0.15) is 12.8 Å². The van der Waals surface area contributed by atoms with E-state index in [9.17, 15) is 9.18 Å². The van der Waals surface area contributed by atoms with E-state index in [-0.39, 0.29) is 17.8 Å². The van der Waals surface area contributed by atoms with E-state index in [2.05, 4.69) is 10.3 Å². The van der Waals surface area contributed by atoms with Gasteiger partial charge in [-0.3, -0.25) is 4.79 Å². The van der Waals surface area contributed by atoms with Crippen molar-refractivity contribution >= 4 is 33.1 Å². The van der Waals surface area contributed by atoms with E-state index in [1.165, 1.54) is 23.5 Å². The minimum atomic E-state index is -0.531. The summed E-state index contributed by atoms with van der Waals surface area (Å²) in [6.45, 7) is 0.400. The number of carbonyl (C=O) groups is 1. The molecule has 1 aromatic heterocycles. The normalized spacial score (nSPS) is 19.8. The number of rotatable bonds is 4. The topological polar surface area (TPSA) is 77.2 Å². The lowest BCUT2D eigenvalue weighted by Gasteiger charge is -2.14. The lowest BCUT2D eigenvalue weighted by atomic mass is 10.1. The molecule has 4 rings (SSSR count). The molecule has 134 valence electrons. The molecule has 1 aliphatic rings. The number of nitrogens with one attached hydrogen (secondary N) is 1. The number of benzene rings is 2. The molecule has 3 N–H and O–H groups in total. The Bertz CT molecular complexity index is 926. The molecule has 1 aliphatic heterocycles. The van der Waals surface area contributed by atoms with Gasteiger partial charge in [-0.05, 0) is 43.2 Å². The average Bonchev–Trinajstić information content (AvgIpc) is 3.29. The molecule has 3 aromatic rings. The zero-order valence-electron chi connectivity index (χ0n) is 13.9. The van der Waals surface area contributed by atoms with E-state index < -0.39 is 6.10 Å². The fourth-order valence-corrected chi connectivity index (χ4v) is 4.07. The Balaban J connectivity index is 1.64. The predicted octanol–water partition coefficient (Wildman–Crippen LogP) is 3.55. The van der Waals surface area contributed by atoms with Crippen LogP contribution in [0.15, 0.2) is 42.5 Å². The van der Waals surface area contributed by atoms with Crippen LogP contribution in [-0.2, 0) is 9.53 Å². The smallest absolute Gasteiger partial charge is 0.253 e. The number of nitrogens with zero attached hydrogens (tertiary/aromatic N) is 1. The summed E-state index contributed by atoms with van der Waals surface area (Å²) in [5.41, 5.74) is 7.53. The molecule has 7 heteroatoms. The van der Waals surface area contributed by atoms with Crippen LogP contribution in [0.2, 0.25) is 0 Å². The third-order valence-electron chi connectivity index (χ3n) is 4.43. The first-order valence-electron chi connectivity index (χ1n) is 8.46. The summed E-state index contributed by atoms with van der Waals surface area (Å²) in [7, 11) is 0. The summed E-state index contributed by atoms with van der Waals surface area (Å²) in [6, 6.07) is 12.0. The number of fused-ring (bicyclic) bond motifs is 1. The van der Waals surface area contributed by atoms with Crippen LogP contribution < -0.4 is 11.1 Å². The molecule has 0 spiro atoms. The van der Waals surface area contributed by atoms with E-state index in [1.54, 1.807) is 6.07 Å². The van der Waals surface area contributed by atoms with Crippen LogP contribution in [0, 0.1) is 5.82 Å². The first-order valence-corrected chi connectivity index (χ1v) is 9.27. The number of hydrogen-bond acceptors (Lipinski definition) is 5. The number of para-hydroxylation sites is 1. The molecule has 0 aliphatic carbocycles. The van der Waals surface area contributed by atoms with Crippen LogP contribution in [-0.4, -0.2) is 29.6 Å². The molecule has 2 aromatic carbocycles. The summed E-state index contributed by atoms with van der Waals surface area (Å²) in [5, 5.41) is 3.52. The van der Waals surface area contributed by atoms with Crippen LogP contribution in [0.25, 0.3) is 20.8 Å². The molecule has 0 radical (unpaired) electrons. The first kappa shape index (κ1) is 17.1. The number of carbonyl (C=O) groups excluding carboxylic acids is 1. The van der Waals surface area contributed by atoms with Crippen molar-refractivity contribution in [3.63, 3.8) is 0 Å². The molecule has 0 unspecified atom stereocenters. The van der Waals surface area contributed by atoms with Crippen molar-refractivity contribution in [2.45, 2.75) is 25.0 Å². The van der Waals surface area contributed by atoms with Crippen molar-refractivity contribution < 1.29 is 13.9 Å². The van der Waals surface area contributed by atoms with Crippen LogP contribution >= 0.6 is 11.3 Å². The number of amides is 1. The van der Waals surface area contributed by atoms with Gasteiger partial charge >= 0.3 is 0 Å². The Labute approximate surface area is 154 Å². The van der Waals surface area contributed by atoms with Crippen LogP contribution in [0.5, 0.6) is 0 Å². The summed E-state index contributed by atoms with van der Waals surface area (Å²) >= 11 is 1.46. The largest absolute Gasteiger partial charge is 0.364 e. The van der Waals surface area contributed by atoms with Gasteiger partial charge in [0, 0.05) is 12.1 Å². The van der Waals surface area contributed by atoms with Gasteiger partial charge in [-0.15, -0.1) is 11.3 Å². The summed E-state index contributed by atoms with van der Waals surface area (Å²) < 4.78 is 20.5. The monoisotopic (exact) mass is 371 g/mol. The number of halogens is 1. The molecular formula is C19H18FN3O2S. The standard InChI is InChI=1S/C19H18FN3O2S/c20-11-5-7-14(22-18(24)16-8-6-12(10-21)25-16)13(9-11)19-23-15-3-1-2-4-17(15)26-19/h1-5,7,9,12,16H,6,8,10,21H2,(H,22,24)/t12-,16+/m1/s1. The van der Waals surface area contributed by atoms with Gasteiger partial charge in [-0.2, -0.15) is 0 Å². The highest BCUT2D eigenvalue weighted by Gasteiger charge is 2.30. The van der Waals surface area contributed by atoms with Crippen molar-refractivity contribution in [2.24, 2.45) is 5.73 Å². The summed E-state index contributed by atoms with van der Waals surface area (Å²) in [4.78, 5) is 17.1. The van der Waals surface area contributed by atoms with Gasteiger partial charge in [0.05, 0.1) is 22.0 Å². The minimum Gasteiger partial charge on any atom is -0.364 e. The van der Waals surface area contributed by atoms with E-state index in [1.807, 2.05) is 24.3 Å². The van der Waals surface area contributed by atoms with E-state index in [0.29, 0.717) is 29.2 Å². The molecule has 2 atom stereocenters. The average molecular weight is 371 g/mol. The van der Waals surface area contributed by atoms with Crippen LogP contribution in [0.4, 0.5) is 10.1 Å². The SMILES string of the molecule is NC[C@H]1CC[C@@H](C(=O)Nc2ccc(F)cc2-c2nc3ccccc3s2)O1. The number of anilines is 1. The van der Waals surface area contributed by atoms with E-state index in [4.69, 9.17) is 10.5 Å². The lowest BCUT2D eigenvalue weighted by Crippen LogP contribution is -2.30. The van der Waals surface area contributed by atoms with Crippen molar-refractivity contribution in [3.05, 3.63) is 48.3 Å². The van der Waals surface area contributed by atoms with E-state index in [0.717, 1.165) is 16.6 Å². The molecule has 5 nitrogen and oxygen atoms in total. The molecule has 1 fully saturated rings. The highest BCUT2D eigenvalue weighted by Crippen LogP contribution is 2.35. The fourth-order valence-electron chi connectivity index (χ4n) is 3.08. The Morgan fingerprint density at radius 1 is 1.31 bits per heavy atom. The van der Waals surface area contributed by atoms with Crippen molar-refractivity contribution in [2.75, 3.05) is 11.9 Å². The quantitative estimate of drug-likeness (QED) is 0.735. The highest BCUT2D eigenvalue weighted by molar-refractivity contribution is 7.21. The van der Waals surface area contributed by atoms with Crippen molar-refractivity contribution in [1.82, 2.24) is 4.98 Å². The Morgan fingerprint density at radius 2 is 2.15 bits per heavy atom. The van der Waals surface area contributed by atoms with Crippen molar-refractivity contribution in [1.29, 1.82) is 0 Å². The van der Waals surface area contributed by atoms with Gasteiger partial charge in [-0.25, -0.2) is 9.37 Å². The summed E-state index contributed by atoms with van der Waals surface area (Å²) in [5.74, 6) is -0.618. The third kappa shape index (κ3) is 3.33. The van der Waals surface area contributed by atoms with Gasteiger partial charge in [0.25, 0.3) is 5.91 Å². The molecule has 0 bridgehead atoms. The number of aromatic nitrogens is 1. The fraction of sp³-hybridized carbons (Fsp3) is 0.263. The maximum absolute atomic E-state index is 13.8. The molecule has 2 heterocycles. The molecule has 1 saturated heterocycles. The second-order valence-corrected chi connectivity index (χ2v) is 7.26. The third-order valence-corrected chi connectivity index (χ3v) is 5.50. The maximum Gasteiger partial charge on any atom is 0.253 e. The second kappa shape index (κ2) is 7.11. The Morgan fingerprint density at radius 3 is 2.92 bits per heavy atom. The molecular weight excluding hydrogens is 353 g/mol. The molecule has 26 heavy (non-hydrogen) atoms. The lowest BCUT2D eigenvalue weighted by molar-refractivity contribution is -0.126. The minimum absolute atomic E-state index is 0.0808. The van der Waals surface area contributed by atoms with Gasteiger partial charge in [0.1, 0.15) is 16.9 Å². The van der Waals surface area contributed by atoms with E-state index >= 15 is 0 Å². The van der Waals surface area contributed by atoms with Crippen LogP contribution in [0.3, 0.4) is 0 Å². The number of ether oxygens (including phenoxy) is 1. The first-order chi connectivity index (χ1) is 12.6.